The van der Waals surface area contributed by atoms with Gasteiger partial charge in [-0.2, -0.15) is 0 Å². The maximum Gasteiger partial charge on any atom is 0.319 e. The summed E-state index contributed by atoms with van der Waals surface area (Å²) in [5.74, 6) is 0.410. The third kappa shape index (κ3) is 3.63. The molecule has 0 fully saturated rings. The van der Waals surface area contributed by atoms with Crippen molar-refractivity contribution in [1.29, 1.82) is 0 Å². The van der Waals surface area contributed by atoms with Crippen molar-refractivity contribution in [2.24, 2.45) is 0 Å². The Kier molecular flexibility index (Phi) is 4.48. The second-order valence-electron chi connectivity index (χ2n) is 5.80. The molecule has 2 aromatic rings. The van der Waals surface area contributed by atoms with Gasteiger partial charge in [0.25, 0.3) is 5.75 Å². The number of nitrogens with one attached hydrogen (secondary N) is 2. The largest absolute Gasteiger partial charge is 0.593 e. The molecule has 2 amide bonds. The lowest BCUT2D eigenvalue weighted by atomic mass is 9.88. The van der Waals surface area contributed by atoms with Gasteiger partial charge in [0, 0.05) is 18.2 Å². The third-order valence-corrected chi connectivity index (χ3v) is 4.16. The average molecular weight is 313 g/mol. The predicted octanol–water partition coefficient (Wildman–Crippen LogP) is 2.30. The number of hydrogen-bond acceptors (Lipinski definition) is 2. The Hall–Kier alpha value is -2.53. The van der Waals surface area contributed by atoms with E-state index in [9.17, 15) is 9.90 Å². The second-order valence-corrected chi connectivity index (χ2v) is 5.80. The number of anilines is 1. The van der Waals surface area contributed by atoms with Crippen LogP contribution < -0.4 is 10.6 Å². The van der Waals surface area contributed by atoms with E-state index in [0.717, 1.165) is 29.7 Å². The van der Waals surface area contributed by atoms with Crippen LogP contribution in [-0.4, -0.2) is 22.3 Å². The van der Waals surface area contributed by atoms with Gasteiger partial charge in [-0.1, -0.05) is 24.3 Å². The van der Waals surface area contributed by atoms with Crippen molar-refractivity contribution in [3.63, 3.8) is 0 Å². The summed E-state index contributed by atoms with van der Waals surface area (Å²) < 4.78 is 0. The minimum absolute atomic E-state index is 0.304. The van der Waals surface area contributed by atoms with E-state index in [1.807, 2.05) is 30.3 Å². The molecular formula is C18H21N2O3+. The topological polar surface area (TPSA) is 84.3 Å². The molecule has 1 unspecified atom stereocenters. The fourth-order valence-electron chi connectivity index (χ4n) is 2.90. The average Bonchev–Trinajstić information content (AvgIpc) is 2.55. The van der Waals surface area contributed by atoms with Crippen molar-refractivity contribution in [1.82, 2.24) is 5.32 Å². The number of rotatable bonds is 3. The summed E-state index contributed by atoms with van der Waals surface area (Å²) in [7, 11) is 0. The van der Waals surface area contributed by atoms with Crippen LogP contribution in [0.5, 0.6) is 5.75 Å². The summed E-state index contributed by atoms with van der Waals surface area (Å²) in [5, 5.41) is 23.3. The predicted molar refractivity (Wildman–Crippen MR) is 89.8 cm³/mol. The number of fused-ring (bicyclic) bond motifs is 1. The fraction of sp³-hybridized carbons (Fsp3) is 0.278. The van der Waals surface area contributed by atoms with Crippen molar-refractivity contribution in [3.05, 3.63) is 59.2 Å². The molecule has 0 spiro atoms. The molecule has 0 saturated carbocycles. The van der Waals surface area contributed by atoms with Crippen molar-refractivity contribution in [2.45, 2.75) is 31.9 Å². The highest BCUT2D eigenvalue weighted by atomic mass is 16.3. The zero-order valence-corrected chi connectivity index (χ0v) is 12.8. The van der Waals surface area contributed by atoms with Crippen LogP contribution in [0.15, 0.2) is 42.5 Å². The molecular weight excluding hydrogens is 292 g/mol. The molecule has 0 bridgehead atoms. The third-order valence-electron chi connectivity index (χ3n) is 4.16. The molecule has 0 heterocycles. The number of amides is 2. The number of para-hydroxylation sites is 1. The normalized spacial score (nSPS) is 16.5. The van der Waals surface area contributed by atoms with E-state index in [1.54, 1.807) is 12.1 Å². The van der Waals surface area contributed by atoms with E-state index in [4.69, 9.17) is 5.11 Å². The van der Waals surface area contributed by atoms with Crippen LogP contribution in [0.3, 0.4) is 0 Å². The van der Waals surface area contributed by atoms with Crippen LogP contribution in [0, 0.1) is 0 Å². The first-order chi connectivity index (χ1) is 11.1. The van der Waals surface area contributed by atoms with E-state index < -0.39 is 0 Å². The Labute approximate surface area is 135 Å². The number of carbonyl (C=O) groups is 1. The van der Waals surface area contributed by atoms with E-state index in [1.165, 1.54) is 5.56 Å². The first kappa shape index (κ1) is 15.4. The smallest absolute Gasteiger partial charge is 0.319 e. The van der Waals surface area contributed by atoms with Gasteiger partial charge in [-0.05, 0) is 36.1 Å². The molecule has 1 atom stereocenters. The van der Waals surface area contributed by atoms with Gasteiger partial charge in [0.1, 0.15) is 0 Å². The number of carbonyl (C=O) groups excluding carboxylic acids is 1. The zero-order valence-electron chi connectivity index (χ0n) is 12.8. The molecule has 2 aromatic carbocycles. The highest BCUT2D eigenvalue weighted by molar-refractivity contribution is 5.90. The lowest BCUT2D eigenvalue weighted by Crippen LogP contribution is -2.29. The van der Waals surface area contributed by atoms with Crippen LogP contribution in [-0.2, 0) is 19.4 Å². The van der Waals surface area contributed by atoms with Gasteiger partial charge >= 0.3 is 6.03 Å². The van der Waals surface area contributed by atoms with E-state index in [-0.39, 0.29) is 12.1 Å². The Morgan fingerprint density at radius 3 is 2.87 bits per heavy atom. The molecule has 120 valence electrons. The van der Waals surface area contributed by atoms with Gasteiger partial charge in [-0.15, -0.1) is 0 Å². The van der Waals surface area contributed by atoms with Crippen molar-refractivity contribution in [3.8, 4) is 5.75 Å². The quantitative estimate of drug-likeness (QED) is 0.760. The van der Waals surface area contributed by atoms with Crippen LogP contribution >= 0.6 is 0 Å². The lowest BCUT2D eigenvalue weighted by Gasteiger charge is -2.23. The van der Waals surface area contributed by atoms with Gasteiger partial charge < -0.3 is 20.8 Å². The van der Waals surface area contributed by atoms with E-state index in [2.05, 4.69) is 10.6 Å². The zero-order chi connectivity index (χ0) is 16.2. The van der Waals surface area contributed by atoms with Crippen LogP contribution in [0.4, 0.5) is 10.5 Å². The Morgan fingerprint density at radius 1 is 1.22 bits per heavy atom. The van der Waals surface area contributed by atoms with Gasteiger partial charge in [0.15, 0.2) is 0 Å². The first-order valence-corrected chi connectivity index (χ1v) is 7.76. The molecule has 3 rings (SSSR count). The maximum absolute atomic E-state index is 12.1. The van der Waals surface area contributed by atoms with Crippen molar-refractivity contribution in [2.75, 3.05) is 5.32 Å². The number of hydrogen-bond donors (Lipinski definition) is 3. The molecule has 1 aliphatic carbocycles. The van der Waals surface area contributed by atoms with Crippen LogP contribution in [0.2, 0.25) is 0 Å². The number of aryl methyl sites for hydroxylation is 1. The number of aliphatic hydroxyl groups excluding tert-OH is 1. The molecule has 0 aliphatic heterocycles. The molecule has 0 saturated heterocycles. The van der Waals surface area contributed by atoms with Gasteiger partial charge in [0.2, 0.25) is 0 Å². The SMILES string of the molecule is O=C(NCc1ccccc1[OH2+])Nc1cccc2c1CC(O)CC2. The summed E-state index contributed by atoms with van der Waals surface area (Å²) in [6.45, 7) is 0.309. The highest BCUT2D eigenvalue weighted by Crippen LogP contribution is 2.28. The minimum Gasteiger partial charge on any atom is -0.593 e. The van der Waals surface area contributed by atoms with Crippen LogP contribution in [0.25, 0.3) is 0 Å². The van der Waals surface area contributed by atoms with E-state index >= 15 is 0 Å². The maximum atomic E-state index is 12.1. The molecule has 1 aliphatic rings. The summed E-state index contributed by atoms with van der Waals surface area (Å²) in [6, 6.07) is 12.7. The Morgan fingerprint density at radius 2 is 2.04 bits per heavy atom. The summed E-state index contributed by atoms with van der Waals surface area (Å²) in [5.41, 5.74) is 3.72. The van der Waals surface area contributed by atoms with E-state index in [0.29, 0.717) is 18.7 Å². The number of urea groups is 1. The Balaban J connectivity index is 1.66. The fourth-order valence-corrected chi connectivity index (χ4v) is 2.90. The molecule has 5 N–H and O–H groups in total. The lowest BCUT2D eigenvalue weighted by molar-refractivity contribution is 0.159. The van der Waals surface area contributed by atoms with Crippen molar-refractivity contribution < 1.29 is 15.0 Å². The summed E-state index contributed by atoms with van der Waals surface area (Å²) in [6.07, 6.45) is 1.83. The van der Waals surface area contributed by atoms with Gasteiger partial charge in [-0.3, -0.25) is 0 Å². The first-order valence-electron chi connectivity index (χ1n) is 7.76. The second kappa shape index (κ2) is 6.71. The standard InChI is InChI=1S/C18H20N2O3/c21-14-9-8-12-5-3-6-16(15(12)10-14)20-18(23)19-11-13-4-1-2-7-17(13)22/h1-7,14,21-22H,8-11H2,(H2,19,20,23)/p+1. The summed E-state index contributed by atoms with van der Waals surface area (Å²) in [4.78, 5) is 12.1. The summed E-state index contributed by atoms with van der Waals surface area (Å²) >= 11 is 0. The van der Waals surface area contributed by atoms with Gasteiger partial charge in [0.05, 0.1) is 18.2 Å². The monoisotopic (exact) mass is 313 g/mol. The number of aliphatic hydroxyl groups is 1. The highest BCUT2D eigenvalue weighted by Gasteiger charge is 2.19. The molecule has 0 radical (unpaired) electrons. The van der Waals surface area contributed by atoms with Crippen LogP contribution in [0.1, 0.15) is 23.1 Å². The molecule has 5 nitrogen and oxygen atoms in total. The molecule has 0 aromatic heterocycles. The van der Waals surface area contributed by atoms with Crippen molar-refractivity contribution >= 4 is 11.7 Å². The van der Waals surface area contributed by atoms with Gasteiger partial charge in [-0.25, -0.2) is 4.79 Å². The number of benzene rings is 2. The Bertz CT molecular complexity index is 715. The molecule has 5 heteroatoms. The molecule has 23 heavy (non-hydrogen) atoms. The minimum atomic E-state index is -0.344.